The van der Waals surface area contributed by atoms with Crippen LogP contribution in [0.1, 0.15) is 151 Å². The molecule has 2 saturated heterocycles. The quantitative estimate of drug-likeness (QED) is 0.0127. The van der Waals surface area contributed by atoms with Crippen LogP contribution in [-0.2, 0) is 109 Å². The molecule has 0 aromatic heterocycles. The zero-order chi connectivity index (χ0) is 108. The molecule has 802 valence electrons. The molecule has 0 bridgehead atoms. The molecule has 0 saturated carbocycles. The Labute approximate surface area is 857 Å². The third-order valence-electron chi connectivity index (χ3n) is 23.2. The van der Waals surface area contributed by atoms with Crippen LogP contribution in [0.15, 0.2) is 60.7 Å². The SMILES string of the molecule is CSCC[C@H](N)C(=O)N[C@@H](C)C(=O)N1CCC[C@H]1C(=O)N[C@H](C(=O)NCC(=O)N[C@@H](C)C(=O)NCC(=O)N[C@@H](CCCNC(=N)N)C(=O)N1CCC[C@H]1C(=O)N[C@@H](CS)C(=O)N[C@@H](CS)C(=O)N[C@H](C(=O)N[C@H](C(=O)N[C@@H](CS)C(=O)N[C@@H](Cc1ccccc1)C(=O)N[C@@H](CC(C)C)C(=O)N[C@H](C(=O)N[C@@H](C)C(=O)N[C@@H](CCCNC(=N)N)C(=O)N[C@@H](Cc1ccccc1)C(=O)O)[C@@H](C)O)C(C)C)[C@@H](C)O)C(C)C. The van der Waals surface area contributed by atoms with E-state index in [0.29, 0.717) is 29.7 Å². The number of hydrogen-bond donors (Lipinski definition) is 30. The van der Waals surface area contributed by atoms with Crippen molar-refractivity contribution < 1.29 is 111 Å². The number of likely N-dealkylation sites (tertiary alicyclic amines) is 2. The molecule has 0 unspecified atom stereocenters. The summed E-state index contributed by atoms with van der Waals surface area (Å²) in [5, 5.41) is 94.7. The van der Waals surface area contributed by atoms with Crippen LogP contribution in [0.2, 0.25) is 0 Å². The standard InChI is InChI=1S/C91H146N26O23S4/c1-45(2)37-58(77(127)114-70(51(10)118)85(135)102-49(8)73(123)105-56(27-19-32-97-90(93)94)75(125)108-60(89(139)140)39-54-25-17-14-18-26-54)106-76(126)59(38-53-23-15-13-16-24-53)107-78(128)62(43-142)111-84(134)69(47(5)6)113-86(136)71(52(11)119)115-80(130)63(44-143)109-79(129)61(42-141)110-81(131)64-29-22-35-117(64)88(138)57(28-20-33-98-91(95)96)104-67(121)41-99-72(122)48(7)101-66(120)40-100-83(133)68(46(3)4)112-82(132)65-30-21-34-116(65)87(137)50(9)103-74(124)55(92)31-36-144-12/h13-18,23-26,45-52,55-65,68-71,118-119,141-143H,19-22,27-44,92H2,1-12H3,(H,99,122)(H,100,133)(H,101,120)(H,102,135)(H,103,124)(H,104,121)(H,105,123)(H,106,126)(H,107,128)(H,108,125)(H,109,129)(H,110,131)(H,111,134)(H,112,132)(H,113,136)(H,114,127)(H,115,130)(H,139,140)(H4,93,94,97)(H4,95,96,98)/t48-,49-,50-,51+,52+,55-,56-,57-,58-,59-,60-,61-,62-,63-,64-,65-,68-,69-,70-,71-/m0/s1. The van der Waals surface area contributed by atoms with Gasteiger partial charge in [0.05, 0.1) is 31.3 Å². The Morgan fingerprint density at radius 2 is 0.771 bits per heavy atom. The van der Waals surface area contributed by atoms with Gasteiger partial charge >= 0.3 is 5.97 Å². The Morgan fingerprint density at radius 1 is 0.396 bits per heavy atom. The largest absolute Gasteiger partial charge is 0.480 e. The third-order valence-corrected chi connectivity index (χ3v) is 24.9. The average molecular weight is 2100 g/mol. The first-order chi connectivity index (χ1) is 67.9. The van der Waals surface area contributed by atoms with E-state index in [9.17, 15) is 111 Å². The molecule has 2 aliphatic heterocycles. The highest BCUT2D eigenvalue weighted by atomic mass is 32.2. The van der Waals surface area contributed by atoms with Crippen molar-refractivity contribution in [2.24, 2.45) is 35.0 Å². The van der Waals surface area contributed by atoms with Crippen molar-refractivity contribution in [3.05, 3.63) is 71.8 Å². The zero-order valence-electron chi connectivity index (χ0n) is 83.0. The predicted molar refractivity (Wildman–Crippen MR) is 543 cm³/mol. The van der Waals surface area contributed by atoms with Crippen LogP contribution in [0.4, 0.5) is 0 Å². The summed E-state index contributed by atoms with van der Waals surface area (Å²) in [4.78, 5) is 279. The van der Waals surface area contributed by atoms with Crippen molar-refractivity contribution in [2.75, 3.05) is 68.5 Å². The van der Waals surface area contributed by atoms with E-state index in [1.165, 1.54) is 56.2 Å². The normalized spacial score (nSPS) is 17.1. The number of nitrogens with one attached hydrogen (secondary N) is 21. The van der Waals surface area contributed by atoms with Crippen LogP contribution >= 0.6 is 49.6 Å². The van der Waals surface area contributed by atoms with Gasteiger partial charge in [0.25, 0.3) is 0 Å². The highest BCUT2D eigenvalue weighted by molar-refractivity contribution is 7.98. The number of aliphatic hydroxyl groups excluding tert-OH is 2. The Hall–Kier alpha value is -12.3. The molecule has 2 aromatic carbocycles. The lowest BCUT2D eigenvalue weighted by Gasteiger charge is -2.30. The summed E-state index contributed by atoms with van der Waals surface area (Å²) >= 11 is 14.4. The Kier molecular flexibility index (Phi) is 54.3. The summed E-state index contributed by atoms with van der Waals surface area (Å²) in [6, 6.07) is -8.47. The van der Waals surface area contributed by atoms with Gasteiger partial charge in [0.1, 0.15) is 103 Å². The number of rotatable bonds is 61. The maximum Gasteiger partial charge on any atom is 0.326 e. The minimum atomic E-state index is -1.86. The Balaban J connectivity index is 1.39. The smallest absolute Gasteiger partial charge is 0.326 e. The molecule has 2 heterocycles. The van der Waals surface area contributed by atoms with Gasteiger partial charge in [0.15, 0.2) is 11.9 Å². The van der Waals surface area contributed by atoms with E-state index in [0.717, 1.165) is 13.8 Å². The summed E-state index contributed by atoms with van der Waals surface area (Å²) in [5.74, 6) is -21.2. The fraction of sp³-hybridized carbons (Fsp3) is 0.626. The van der Waals surface area contributed by atoms with Crippen molar-refractivity contribution in [3.8, 4) is 0 Å². The van der Waals surface area contributed by atoms with Gasteiger partial charge in [-0.2, -0.15) is 49.6 Å². The fourth-order valence-corrected chi connectivity index (χ4v) is 16.4. The number of thiol groups is 3. The van der Waals surface area contributed by atoms with Crippen molar-refractivity contribution >= 4 is 180 Å². The molecule has 20 atom stereocenters. The van der Waals surface area contributed by atoms with Crippen LogP contribution in [0.3, 0.4) is 0 Å². The highest BCUT2D eigenvalue weighted by Gasteiger charge is 2.44. The van der Waals surface area contributed by atoms with Gasteiger partial charge in [-0.05, 0) is 140 Å². The molecule has 0 radical (unpaired) electrons. The molecule has 0 aliphatic carbocycles. The molecule has 49 nitrogen and oxygen atoms in total. The number of guanidine groups is 2. The van der Waals surface area contributed by atoms with Gasteiger partial charge in [-0.3, -0.25) is 102 Å². The number of amides is 19. The molecular weight excluding hydrogens is 1950 g/mol. The Bertz CT molecular complexity index is 4730. The lowest BCUT2D eigenvalue weighted by atomic mass is 10.00. The predicted octanol–water partition coefficient (Wildman–Crippen LogP) is -7.38. The first kappa shape index (κ1) is 124. The van der Waals surface area contributed by atoms with Crippen LogP contribution in [-0.4, -0.2) is 345 Å². The number of aliphatic carboxylic acids is 1. The minimum absolute atomic E-state index is 0.0218. The van der Waals surface area contributed by atoms with E-state index in [2.05, 4.69) is 139 Å². The topological polar surface area (TPSA) is 763 Å². The molecule has 4 rings (SSSR count). The molecule has 19 amide bonds. The van der Waals surface area contributed by atoms with Gasteiger partial charge in [-0.15, -0.1) is 0 Å². The summed E-state index contributed by atoms with van der Waals surface area (Å²) in [5.41, 5.74) is 18.0. The van der Waals surface area contributed by atoms with Gasteiger partial charge in [-0.1, -0.05) is 102 Å². The monoisotopic (exact) mass is 2100 g/mol. The molecule has 53 heteroatoms. The number of carbonyl (C=O) groups excluding carboxylic acids is 19. The first-order valence-electron chi connectivity index (χ1n) is 47.5. The molecule has 30 N–H and O–H groups in total. The van der Waals surface area contributed by atoms with Crippen molar-refractivity contribution in [3.63, 3.8) is 0 Å². The van der Waals surface area contributed by atoms with Gasteiger partial charge in [0.2, 0.25) is 112 Å². The van der Waals surface area contributed by atoms with E-state index in [4.69, 9.17) is 28.0 Å². The van der Waals surface area contributed by atoms with Gasteiger partial charge in [0, 0.05) is 56.3 Å². The maximum absolute atomic E-state index is 14.7. The number of nitrogens with two attached hydrogens (primary N) is 3. The number of hydrogen-bond acceptors (Lipinski definition) is 29. The van der Waals surface area contributed by atoms with Crippen molar-refractivity contribution in [1.29, 1.82) is 10.8 Å². The number of carboxylic acid groups (broad SMARTS) is 1. The molecule has 2 fully saturated rings. The fourth-order valence-electron chi connectivity index (χ4n) is 15.2. The molecule has 0 spiro atoms. The molecule has 144 heavy (non-hydrogen) atoms. The summed E-state index contributed by atoms with van der Waals surface area (Å²) in [6.45, 7) is 15.0. The first-order valence-corrected chi connectivity index (χ1v) is 50.8. The zero-order valence-corrected chi connectivity index (χ0v) is 86.5. The van der Waals surface area contributed by atoms with E-state index in [1.54, 1.807) is 88.4 Å². The minimum Gasteiger partial charge on any atom is -0.480 e. The van der Waals surface area contributed by atoms with Gasteiger partial charge in [-0.25, -0.2) is 4.79 Å². The summed E-state index contributed by atoms with van der Waals surface area (Å²) in [6.07, 6.45) is -0.455. The van der Waals surface area contributed by atoms with E-state index < -0.39 is 287 Å². The van der Waals surface area contributed by atoms with E-state index in [1.807, 2.05) is 6.26 Å². The van der Waals surface area contributed by atoms with Crippen LogP contribution in [0, 0.1) is 28.6 Å². The molecule has 2 aliphatic rings. The maximum atomic E-state index is 14.7. The second kappa shape index (κ2) is 63.0. The molecular formula is C91H146N26O23S4. The second-order valence-electron chi connectivity index (χ2n) is 36.3. The van der Waals surface area contributed by atoms with E-state index in [-0.39, 0.29) is 102 Å². The third kappa shape index (κ3) is 42.1. The summed E-state index contributed by atoms with van der Waals surface area (Å²) in [7, 11) is 0. The van der Waals surface area contributed by atoms with Crippen molar-refractivity contribution in [2.45, 2.75) is 274 Å². The second-order valence-corrected chi connectivity index (χ2v) is 38.4. The lowest BCUT2D eigenvalue weighted by molar-refractivity contribution is -0.142. The Morgan fingerprint density at radius 3 is 1.25 bits per heavy atom. The van der Waals surface area contributed by atoms with Crippen LogP contribution < -0.4 is 118 Å². The number of nitrogens with zero attached hydrogens (tertiary/aromatic N) is 2. The van der Waals surface area contributed by atoms with Crippen LogP contribution in [0.25, 0.3) is 0 Å². The van der Waals surface area contributed by atoms with Crippen molar-refractivity contribution in [1.82, 2.24) is 111 Å². The number of thioether (sulfide) groups is 1. The number of aliphatic hydroxyl groups is 2. The van der Waals surface area contributed by atoms with Gasteiger partial charge < -0.3 is 143 Å². The number of benzene rings is 2. The van der Waals surface area contributed by atoms with E-state index >= 15 is 0 Å². The molecule has 2 aromatic rings. The summed E-state index contributed by atoms with van der Waals surface area (Å²) < 4.78 is 0. The highest BCUT2D eigenvalue weighted by Crippen LogP contribution is 2.23. The number of carboxylic acids is 1. The average Bonchev–Trinajstić information content (AvgIpc) is 1.69. The van der Waals surface area contributed by atoms with Crippen LogP contribution in [0.5, 0.6) is 0 Å². The number of carbonyl (C=O) groups is 20. The lowest BCUT2D eigenvalue weighted by Crippen LogP contribution is -2.63.